The van der Waals surface area contributed by atoms with Crippen molar-refractivity contribution in [3.63, 3.8) is 0 Å². The van der Waals surface area contributed by atoms with Crippen molar-refractivity contribution in [2.45, 2.75) is 71.2 Å². The molecule has 0 saturated heterocycles. The quantitative estimate of drug-likeness (QED) is 0.302. The Morgan fingerprint density at radius 1 is 0.867 bits per heavy atom. The normalized spacial score (nSPS) is 12.4. The van der Waals surface area contributed by atoms with Gasteiger partial charge in [0.05, 0.1) is 6.61 Å². The Morgan fingerprint density at radius 2 is 1.33 bits per heavy atom. The van der Waals surface area contributed by atoms with Crippen molar-refractivity contribution in [2.24, 2.45) is 5.73 Å². The van der Waals surface area contributed by atoms with Gasteiger partial charge in [-0.1, -0.05) is 15.9 Å². The van der Waals surface area contributed by atoms with E-state index in [1.807, 2.05) is 24.3 Å². The molecule has 0 aliphatic carbocycles. The number of rotatable bonds is 10. The van der Waals surface area contributed by atoms with E-state index in [0.29, 0.717) is 19.4 Å². The van der Waals surface area contributed by atoms with Crippen LogP contribution >= 0.6 is 15.9 Å². The van der Waals surface area contributed by atoms with Gasteiger partial charge in [-0.3, -0.25) is 0 Å². The molecule has 0 saturated carbocycles. The molecule has 7 nitrogen and oxygen atoms in total. The molecule has 2 N–H and O–H groups in total. The van der Waals surface area contributed by atoms with Crippen LogP contribution in [0.25, 0.3) is 0 Å². The van der Waals surface area contributed by atoms with Crippen molar-refractivity contribution in [1.29, 1.82) is 0 Å². The first-order valence-corrected chi connectivity index (χ1v) is 10.8. The summed E-state index contributed by atoms with van der Waals surface area (Å²) in [7, 11) is 0. The summed E-state index contributed by atoms with van der Waals surface area (Å²) in [6.45, 7) is 10.5. The Hall–Kier alpha value is -1.64. The van der Waals surface area contributed by atoms with Crippen LogP contribution in [0, 0.1) is 0 Å². The van der Waals surface area contributed by atoms with Crippen LogP contribution in [0.5, 0.6) is 5.75 Å². The van der Waals surface area contributed by atoms with Crippen molar-refractivity contribution in [3.8, 4) is 5.75 Å². The van der Waals surface area contributed by atoms with Crippen LogP contribution in [0.4, 0.5) is 0 Å². The van der Waals surface area contributed by atoms with Gasteiger partial charge >= 0.3 is 11.9 Å². The second-order valence-corrected chi connectivity index (χ2v) is 9.81. The second kappa shape index (κ2) is 11.1. The van der Waals surface area contributed by atoms with E-state index in [1.165, 1.54) is 0 Å². The molecule has 170 valence electrons. The van der Waals surface area contributed by atoms with Crippen molar-refractivity contribution in [3.05, 3.63) is 28.7 Å². The number of benzene rings is 1. The fourth-order valence-electron chi connectivity index (χ4n) is 2.32. The number of ether oxygens (including phenoxy) is 4. The standard InChI is InChI=1S/C22H34BrNO6/c1-20(2,3)29-18(25)22(15-24,19(26)30-21(4,5)6)28-14-8-7-13-27-17-11-9-16(23)10-12-17/h9-12H,7-8,13-15,24H2,1-6H3. The number of hydrogen-bond donors (Lipinski definition) is 1. The molecule has 0 fully saturated rings. The summed E-state index contributed by atoms with van der Waals surface area (Å²) in [4.78, 5) is 25.6. The Labute approximate surface area is 187 Å². The van der Waals surface area contributed by atoms with E-state index in [9.17, 15) is 9.59 Å². The highest BCUT2D eigenvalue weighted by Crippen LogP contribution is 2.23. The van der Waals surface area contributed by atoms with Crippen LogP contribution in [-0.2, 0) is 23.8 Å². The summed E-state index contributed by atoms with van der Waals surface area (Å²) in [6.07, 6.45) is 1.23. The average Bonchev–Trinajstić information content (AvgIpc) is 2.59. The van der Waals surface area contributed by atoms with E-state index in [2.05, 4.69) is 15.9 Å². The lowest BCUT2D eigenvalue weighted by molar-refractivity contribution is -0.202. The number of carbonyl (C=O) groups excluding carboxylic acids is 2. The van der Waals surface area contributed by atoms with E-state index in [-0.39, 0.29) is 13.2 Å². The van der Waals surface area contributed by atoms with E-state index in [1.54, 1.807) is 41.5 Å². The Balaban J connectivity index is 2.71. The maximum atomic E-state index is 12.8. The van der Waals surface area contributed by atoms with Gasteiger partial charge in [0, 0.05) is 17.6 Å². The molecule has 1 aromatic rings. The van der Waals surface area contributed by atoms with Gasteiger partial charge < -0.3 is 24.7 Å². The largest absolute Gasteiger partial charge is 0.494 e. The SMILES string of the molecule is CC(C)(C)OC(=O)C(CN)(OCCCCOc1ccc(Br)cc1)C(=O)OC(C)(C)C. The fraction of sp³-hybridized carbons (Fsp3) is 0.636. The molecule has 30 heavy (non-hydrogen) atoms. The molecule has 0 aromatic heterocycles. The van der Waals surface area contributed by atoms with Gasteiger partial charge in [0.15, 0.2) is 0 Å². The van der Waals surface area contributed by atoms with E-state index < -0.39 is 28.7 Å². The van der Waals surface area contributed by atoms with Crippen LogP contribution in [-0.4, -0.2) is 48.5 Å². The second-order valence-electron chi connectivity index (χ2n) is 8.89. The molecule has 0 radical (unpaired) electrons. The lowest BCUT2D eigenvalue weighted by Gasteiger charge is -2.33. The summed E-state index contributed by atoms with van der Waals surface area (Å²) in [5.41, 5.74) is 2.21. The monoisotopic (exact) mass is 487 g/mol. The molecule has 8 heteroatoms. The van der Waals surface area contributed by atoms with Gasteiger partial charge in [-0.25, -0.2) is 9.59 Å². The number of carbonyl (C=O) groups is 2. The Morgan fingerprint density at radius 3 is 1.77 bits per heavy atom. The smallest absolute Gasteiger partial charge is 0.352 e. The zero-order valence-electron chi connectivity index (χ0n) is 18.7. The summed E-state index contributed by atoms with van der Waals surface area (Å²) in [5.74, 6) is -0.936. The highest BCUT2D eigenvalue weighted by molar-refractivity contribution is 9.10. The lowest BCUT2D eigenvalue weighted by Crippen LogP contribution is -2.59. The van der Waals surface area contributed by atoms with Crippen LogP contribution in [0.2, 0.25) is 0 Å². The number of halogens is 1. The van der Waals surface area contributed by atoms with Gasteiger partial charge in [-0.05, 0) is 78.6 Å². The molecule has 1 rings (SSSR count). The minimum Gasteiger partial charge on any atom is -0.494 e. The van der Waals surface area contributed by atoms with Crippen molar-refractivity contribution < 1.29 is 28.5 Å². The van der Waals surface area contributed by atoms with Gasteiger partial charge in [0.1, 0.15) is 17.0 Å². The molecule has 0 unspecified atom stereocenters. The summed E-state index contributed by atoms with van der Waals surface area (Å²) < 4.78 is 23.2. The average molecular weight is 488 g/mol. The van der Waals surface area contributed by atoms with Gasteiger partial charge in [0.2, 0.25) is 0 Å². The first-order chi connectivity index (χ1) is 13.8. The van der Waals surface area contributed by atoms with Crippen LogP contribution in [0.15, 0.2) is 28.7 Å². The molecule has 0 aliphatic heterocycles. The Kier molecular flexibility index (Phi) is 9.78. The van der Waals surface area contributed by atoms with Crippen LogP contribution in [0.1, 0.15) is 54.4 Å². The van der Waals surface area contributed by atoms with E-state index >= 15 is 0 Å². The first-order valence-electron chi connectivity index (χ1n) is 9.98. The number of unbranched alkanes of at least 4 members (excludes halogenated alkanes) is 1. The topological polar surface area (TPSA) is 97.1 Å². The third kappa shape index (κ3) is 9.02. The van der Waals surface area contributed by atoms with Gasteiger partial charge in [-0.2, -0.15) is 0 Å². The summed E-state index contributed by atoms with van der Waals surface area (Å²) >= 11 is 3.37. The van der Waals surface area contributed by atoms with Crippen LogP contribution in [0.3, 0.4) is 0 Å². The number of esters is 2. The third-order valence-corrected chi connectivity index (χ3v) is 4.24. The third-order valence-electron chi connectivity index (χ3n) is 3.71. The molecule has 0 atom stereocenters. The zero-order chi connectivity index (χ0) is 23.0. The summed E-state index contributed by atoms with van der Waals surface area (Å²) in [5, 5.41) is 0. The highest BCUT2D eigenvalue weighted by atomic mass is 79.9. The predicted molar refractivity (Wildman–Crippen MR) is 118 cm³/mol. The lowest BCUT2D eigenvalue weighted by atomic mass is 10.0. The molecular formula is C22H34BrNO6. The zero-order valence-corrected chi connectivity index (χ0v) is 20.3. The minimum atomic E-state index is -2.01. The molecule has 1 aromatic carbocycles. The maximum Gasteiger partial charge on any atom is 0.352 e. The van der Waals surface area contributed by atoms with Crippen molar-refractivity contribution in [2.75, 3.05) is 19.8 Å². The molecule has 0 heterocycles. The molecule has 0 spiro atoms. The van der Waals surface area contributed by atoms with Crippen molar-refractivity contribution in [1.82, 2.24) is 0 Å². The van der Waals surface area contributed by atoms with E-state index in [4.69, 9.17) is 24.7 Å². The fourth-order valence-corrected chi connectivity index (χ4v) is 2.58. The Bertz CT molecular complexity index is 663. The van der Waals surface area contributed by atoms with Gasteiger partial charge in [-0.15, -0.1) is 0 Å². The highest BCUT2D eigenvalue weighted by Gasteiger charge is 2.51. The summed E-state index contributed by atoms with van der Waals surface area (Å²) in [6, 6.07) is 7.53. The first kappa shape index (κ1) is 26.4. The molecular weight excluding hydrogens is 454 g/mol. The predicted octanol–water partition coefficient (Wildman–Crippen LogP) is 4.01. The van der Waals surface area contributed by atoms with Gasteiger partial charge in [0.25, 0.3) is 5.60 Å². The maximum absolute atomic E-state index is 12.8. The van der Waals surface area contributed by atoms with E-state index in [0.717, 1.165) is 10.2 Å². The molecule has 0 amide bonds. The number of hydrogen-bond acceptors (Lipinski definition) is 7. The number of nitrogens with two attached hydrogens (primary N) is 1. The van der Waals surface area contributed by atoms with Crippen LogP contribution < -0.4 is 10.5 Å². The molecule has 0 bridgehead atoms. The molecule has 0 aliphatic rings. The van der Waals surface area contributed by atoms with Crippen molar-refractivity contribution >= 4 is 27.9 Å². The minimum absolute atomic E-state index is 0.124.